The fourth-order valence-electron chi connectivity index (χ4n) is 2.11. The second-order valence-corrected chi connectivity index (χ2v) is 4.37. The Kier molecular flexibility index (Phi) is 3.25. The number of fused-ring (bicyclic) bond motifs is 1. The molecule has 1 aromatic carbocycles. The van der Waals surface area contributed by atoms with Crippen molar-refractivity contribution < 1.29 is 0 Å². The molecule has 16 heavy (non-hydrogen) atoms. The van der Waals surface area contributed by atoms with Crippen LogP contribution in [0.4, 0.5) is 0 Å². The van der Waals surface area contributed by atoms with E-state index >= 15 is 0 Å². The molecule has 3 heteroatoms. The molecular weight excluding hydrogens is 198 g/mol. The summed E-state index contributed by atoms with van der Waals surface area (Å²) in [6, 6.07) is 8.75. The predicted molar refractivity (Wildman–Crippen MR) is 67.5 cm³/mol. The summed E-state index contributed by atoms with van der Waals surface area (Å²) < 4.78 is 2.31. The number of hydrogen-bond acceptors (Lipinski definition) is 2. The van der Waals surface area contributed by atoms with E-state index in [9.17, 15) is 0 Å². The molecule has 86 valence electrons. The lowest BCUT2D eigenvalue weighted by molar-refractivity contribution is 0.577. The molecule has 0 aliphatic heterocycles. The lowest BCUT2D eigenvalue weighted by Crippen LogP contribution is -2.08. The van der Waals surface area contributed by atoms with E-state index < -0.39 is 0 Å². The molecule has 0 spiro atoms. The smallest absolute Gasteiger partial charge is 0.110 e. The molecule has 0 amide bonds. The molecule has 0 saturated heterocycles. The van der Waals surface area contributed by atoms with Crippen molar-refractivity contribution in [1.29, 1.82) is 0 Å². The fraction of sp³-hybridized carbons (Fsp3) is 0.462. The molecular formula is C13H19N3. The molecule has 0 unspecified atom stereocenters. The number of hydrogen-bond donors (Lipinski definition) is 1. The van der Waals surface area contributed by atoms with Crippen molar-refractivity contribution in [1.82, 2.24) is 9.55 Å². The number of aryl methyl sites for hydroxylation is 1. The zero-order chi connectivity index (χ0) is 11.5. The molecule has 1 aromatic heterocycles. The number of benzene rings is 1. The van der Waals surface area contributed by atoms with Gasteiger partial charge in [-0.3, -0.25) is 0 Å². The molecule has 2 aromatic rings. The SMILES string of the molecule is CC(C)n1c(CCCN)nc2ccccc21. The quantitative estimate of drug-likeness (QED) is 0.855. The average molecular weight is 217 g/mol. The highest BCUT2D eigenvalue weighted by Gasteiger charge is 2.11. The van der Waals surface area contributed by atoms with Crippen LogP contribution >= 0.6 is 0 Å². The van der Waals surface area contributed by atoms with Crippen LogP contribution in [0.5, 0.6) is 0 Å². The van der Waals surface area contributed by atoms with E-state index in [1.807, 2.05) is 6.07 Å². The Bertz CT molecular complexity index is 471. The maximum absolute atomic E-state index is 5.56. The first kappa shape index (κ1) is 11.1. The van der Waals surface area contributed by atoms with Gasteiger partial charge in [-0.1, -0.05) is 12.1 Å². The van der Waals surface area contributed by atoms with Crippen molar-refractivity contribution >= 4 is 11.0 Å². The van der Waals surface area contributed by atoms with Gasteiger partial charge in [0.25, 0.3) is 0 Å². The summed E-state index contributed by atoms with van der Waals surface area (Å²) in [6.45, 7) is 5.11. The maximum Gasteiger partial charge on any atom is 0.110 e. The van der Waals surface area contributed by atoms with Crippen molar-refractivity contribution in [2.45, 2.75) is 32.7 Å². The Labute approximate surface area is 96.3 Å². The lowest BCUT2D eigenvalue weighted by atomic mass is 10.2. The summed E-state index contributed by atoms with van der Waals surface area (Å²) in [5.74, 6) is 1.15. The van der Waals surface area contributed by atoms with Gasteiger partial charge in [-0.25, -0.2) is 4.98 Å². The van der Waals surface area contributed by atoms with Gasteiger partial charge in [-0.15, -0.1) is 0 Å². The van der Waals surface area contributed by atoms with E-state index in [-0.39, 0.29) is 0 Å². The molecule has 0 saturated carbocycles. The van der Waals surface area contributed by atoms with Gasteiger partial charge in [0.05, 0.1) is 11.0 Å². The number of imidazole rings is 1. The second-order valence-electron chi connectivity index (χ2n) is 4.37. The van der Waals surface area contributed by atoms with Gasteiger partial charge in [0, 0.05) is 12.5 Å². The van der Waals surface area contributed by atoms with Crippen molar-refractivity contribution in [2.24, 2.45) is 5.73 Å². The lowest BCUT2D eigenvalue weighted by Gasteiger charge is -2.12. The Morgan fingerprint density at radius 2 is 2.06 bits per heavy atom. The molecule has 0 fully saturated rings. The van der Waals surface area contributed by atoms with E-state index in [4.69, 9.17) is 5.73 Å². The molecule has 2 rings (SSSR count). The third-order valence-corrected chi connectivity index (χ3v) is 2.79. The zero-order valence-corrected chi connectivity index (χ0v) is 9.98. The average Bonchev–Trinajstić information content (AvgIpc) is 2.64. The van der Waals surface area contributed by atoms with Gasteiger partial charge >= 0.3 is 0 Å². The number of nitrogens with zero attached hydrogens (tertiary/aromatic N) is 2. The van der Waals surface area contributed by atoms with Crippen molar-refractivity contribution in [3.63, 3.8) is 0 Å². The van der Waals surface area contributed by atoms with Crippen molar-refractivity contribution in [3.8, 4) is 0 Å². The van der Waals surface area contributed by atoms with E-state index in [1.54, 1.807) is 0 Å². The van der Waals surface area contributed by atoms with Crippen LogP contribution in [0.3, 0.4) is 0 Å². The molecule has 1 heterocycles. The zero-order valence-electron chi connectivity index (χ0n) is 9.98. The Morgan fingerprint density at radius 3 is 2.75 bits per heavy atom. The minimum atomic E-state index is 0.445. The number of nitrogens with two attached hydrogens (primary N) is 1. The largest absolute Gasteiger partial charge is 0.330 e. The predicted octanol–water partition coefficient (Wildman–Crippen LogP) is 2.51. The highest BCUT2D eigenvalue weighted by atomic mass is 15.1. The van der Waals surface area contributed by atoms with Gasteiger partial charge in [0.2, 0.25) is 0 Å². The standard InChI is InChI=1S/C13H19N3/c1-10(2)16-12-7-4-3-6-11(12)15-13(16)8-5-9-14/h3-4,6-7,10H,5,8-9,14H2,1-2H3. The van der Waals surface area contributed by atoms with Gasteiger partial charge < -0.3 is 10.3 Å². The van der Waals surface area contributed by atoms with E-state index in [1.165, 1.54) is 5.52 Å². The van der Waals surface area contributed by atoms with Gasteiger partial charge in [0.1, 0.15) is 5.82 Å². The second kappa shape index (κ2) is 4.66. The fourth-order valence-corrected chi connectivity index (χ4v) is 2.11. The number of rotatable bonds is 4. The summed E-state index contributed by atoms with van der Waals surface area (Å²) in [7, 11) is 0. The van der Waals surface area contributed by atoms with E-state index in [0.29, 0.717) is 6.04 Å². The molecule has 0 aliphatic rings. The van der Waals surface area contributed by atoms with Crippen molar-refractivity contribution in [3.05, 3.63) is 30.1 Å². The summed E-state index contributed by atoms with van der Waals surface area (Å²) >= 11 is 0. The van der Waals surface area contributed by atoms with Gasteiger partial charge in [-0.2, -0.15) is 0 Å². The normalized spacial score (nSPS) is 11.5. The Balaban J connectivity index is 2.50. The van der Waals surface area contributed by atoms with Crippen LogP contribution in [-0.4, -0.2) is 16.1 Å². The molecule has 0 aliphatic carbocycles. The molecule has 0 bridgehead atoms. The molecule has 2 N–H and O–H groups in total. The highest BCUT2D eigenvalue weighted by molar-refractivity contribution is 5.76. The topological polar surface area (TPSA) is 43.8 Å². The minimum absolute atomic E-state index is 0.445. The first-order valence-corrected chi connectivity index (χ1v) is 5.90. The van der Waals surface area contributed by atoms with Crippen LogP contribution in [0.25, 0.3) is 11.0 Å². The highest BCUT2D eigenvalue weighted by Crippen LogP contribution is 2.21. The molecule has 3 nitrogen and oxygen atoms in total. The van der Waals surface area contributed by atoms with Crippen LogP contribution in [0.1, 0.15) is 32.1 Å². The van der Waals surface area contributed by atoms with E-state index in [2.05, 4.69) is 41.6 Å². The third kappa shape index (κ3) is 1.95. The molecule has 0 radical (unpaired) electrons. The first-order chi connectivity index (χ1) is 7.74. The van der Waals surface area contributed by atoms with Crippen molar-refractivity contribution in [2.75, 3.05) is 6.54 Å². The first-order valence-electron chi connectivity index (χ1n) is 5.90. The number of para-hydroxylation sites is 2. The summed E-state index contributed by atoms with van der Waals surface area (Å²) in [4.78, 5) is 4.68. The van der Waals surface area contributed by atoms with Gasteiger partial charge in [0.15, 0.2) is 0 Å². The monoisotopic (exact) mass is 217 g/mol. The Morgan fingerprint density at radius 1 is 1.31 bits per heavy atom. The van der Waals surface area contributed by atoms with Crippen LogP contribution in [0, 0.1) is 0 Å². The number of aromatic nitrogens is 2. The van der Waals surface area contributed by atoms with Crippen LogP contribution in [-0.2, 0) is 6.42 Å². The van der Waals surface area contributed by atoms with Gasteiger partial charge in [-0.05, 0) is 38.9 Å². The van der Waals surface area contributed by atoms with Crippen LogP contribution in [0.2, 0.25) is 0 Å². The summed E-state index contributed by atoms with van der Waals surface area (Å²) in [5.41, 5.74) is 7.87. The summed E-state index contributed by atoms with van der Waals surface area (Å²) in [5, 5.41) is 0. The minimum Gasteiger partial charge on any atom is -0.330 e. The third-order valence-electron chi connectivity index (χ3n) is 2.79. The van der Waals surface area contributed by atoms with Crippen LogP contribution < -0.4 is 5.73 Å². The van der Waals surface area contributed by atoms with Crippen LogP contribution in [0.15, 0.2) is 24.3 Å². The summed E-state index contributed by atoms with van der Waals surface area (Å²) in [6.07, 6.45) is 1.96. The Hall–Kier alpha value is -1.35. The molecule has 0 atom stereocenters. The maximum atomic E-state index is 5.56. The van der Waals surface area contributed by atoms with E-state index in [0.717, 1.165) is 30.7 Å².